The molecule has 2 heterocycles. The van der Waals surface area contributed by atoms with Gasteiger partial charge >= 0.3 is 0 Å². The van der Waals surface area contributed by atoms with Crippen LogP contribution in [0.3, 0.4) is 0 Å². The lowest BCUT2D eigenvalue weighted by atomic mass is 10.2. The zero-order valence-electron chi connectivity index (χ0n) is 12.3. The van der Waals surface area contributed by atoms with Crippen LogP contribution in [0.4, 0.5) is 5.82 Å². The van der Waals surface area contributed by atoms with Crippen molar-refractivity contribution in [3.05, 3.63) is 41.6 Å². The number of carbonyl (C=O) groups excluding carboxylic acids is 1. The Labute approximate surface area is 129 Å². The highest BCUT2D eigenvalue weighted by Crippen LogP contribution is 2.30. The summed E-state index contributed by atoms with van der Waals surface area (Å²) in [6.45, 7) is 6.03. The second-order valence-corrected chi connectivity index (χ2v) is 6.86. The first kappa shape index (κ1) is 14.2. The molecule has 1 aliphatic heterocycles. The van der Waals surface area contributed by atoms with Crippen molar-refractivity contribution in [3.63, 3.8) is 0 Å². The molecule has 1 atom stereocenters. The van der Waals surface area contributed by atoms with E-state index in [9.17, 15) is 4.79 Å². The Morgan fingerprint density at radius 2 is 2.10 bits per heavy atom. The van der Waals surface area contributed by atoms with Gasteiger partial charge in [-0.25, -0.2) is 4.68 Å². The summed E-state index contributed by atoms with van der Waals surface area (Å²) in [5.74, 6) is 2.01. The van der Waals surface area contributed by atoms with Crippen molar-refractivity contribution in [3.8, 4) is 5.69 Å². The third-order valence-electron chi connectivity index (χ3n) is 3.74. The highest BCUT2D eigenvalue weighted by atomic mass is 32.2. The fraction of sp³-hybridized carbons (Fsp3) is 0.375. The minimum Gasteiger partial charge on any atom is -0.354 e. The molecule has 1 unspecified atom stereocenters. The van der Waals surface area contributed by atoms with Gasteiger partial charge in [-0.1, -0.05) is 25.1 Å². The highest BCUT2D eigenvalue weighted by molar-refractivity contribution is 8.00. The molecule has 1 aromatic carbocycles. The van der Waals surface area contributed by atoms with Gasteiger partial charge in [0.15, 0.2) is 6.29 Å². The Hall–Kier alpha value is -1.75. The predicted molar refractivity (Wildman–Crippen MR) is 87.8 cm³/mol. The minimum atomic E-state index is 0.567. The standard InChI is InChI=1S/C16H19N3OS/c1-12-10-18(8-9-21-12)16-15(11-20)13(2)17-19(16)14-6-4-3-5-7-14/h3-7,11-12H,8-10H2,1-2H3. The van der Waals surface area contributed by atoms with Crippen molar-refractivity contribution in [1.82, 2.24) is 9.78 Å². The van der Waals surface area contributed by atoms with Gasteiger partial charge in [0.2, 0.25) is 0 Å². The van der Waals surface area contributed by atoms with E-state index in [4.69, 9.17) is 0 Å². The molecule has 21 heavy (non-hydrogen) atoms. The van der Waals surface area contributed by atoms with Crippen LogP contribution >= 0.6 is 11.8 Å². The van der Waals surface area contributed by atoms with Gasteiger partial charge in [0.25, 0.3) is 0 Å². The van der Waals surface area contributed by atoms with Crippen LogP contribution in [0, 0.1) is 6.92 Å². The summed E-state index contributed by atoms with van der Waals surface area (Å²) >= 11 is 1.98. The Bertz CT molecular complexity index is 638. The number of rotatable bonds is 3. The van der Waals surface area contributed by atoms with Crippen molar-refractivity contribution in [2.24, 2.45) is 0 Å². The van der Waals surface area contributed by atoms with Crippen LogP contribution in [0.15, 0.2) is 30.3 Å². The van der Waals surface area contributed by atoms with Crippen LogP contribution in [-0.4, -0.2) is 40.2 Å². The van der Waals surface area contributed by atoms with Crippen molar-refractivity contribution in [2.75, 3.05) is 23.7 Å². The van der Waals surface area contributed by atoms with Gasteiger partial charge in [0, 0.05) is 24.1 Å². The Morgan fingerprint density at radius 1 is 1.33 bits per heavy atom. The molecule has 3 rings (SSSR count). The molecule has 1 aliphatic rings. The first-order valence-electron chi connectivity index (χ1n) is 7.17. The zero-order valence-corrected chi connectivity index (χ0v) is 13.1. The minimum absolute atomic E-state index is 0.567. The molecule has 1 aromatic heterocycles. The number of aromatic nitrogens is 2. The molecular weight excluding hydrogens is 282 g/mol. The fourth-order valence-corrected chi connectivity index (χ4v) is 3.74. The molecule has 2 aromatic rings. The average Bonchev–Trinajstić information content (AvgIpc) is 2.85. The van der Waals surface area contributed by atoms with Crippen LogP contribution < -0.4 is 4.90 Å². The molecule has 0 N–H and O–H groups in total. The SMILES string of the molecule is Cc1nn(-c2ccccc2)c(N2CCSC(C)C2)c1C=O. The molecular formula is C16H19N3OS. The normalized spacial score (nSPS) is 18.8. The summed E-state index contributed by atoms with van der Waals surface area (Å²) in [6.07, 6.45) is 0.934. The number of hydrogen-bond donors (Lipinski definition) is 0. The number of aryl methyl sites for hydroxylation is 1. The number of anilines is 1. The summed E-state index contributed by atoms with van der Waals surface area (Å²) in [4.78, 5) is 13.8. The first-order chi connectivity index (χ1) is 10.2. The lowest BCUT2D eigenvalue weighted by Gasteiger charge is -2.32. The number of benzene rings is 1. The second kappa shape index (κ2) is 5.93. The molecule has 1 fully saturated rings. The van der Waals surface area contributed by atoms with E-state index < -0.39 is 0 Å². The summed E-state index contributed by atoms with van der Waals surface area (Å²) in [5.41, 5.74) is 2.49. The fourth-order valence-electron chi connectivity index (χ4n) is 2.73. The third-order valence-corrected chi connectivity index (χ3v) is 4.88. The summed E-state index contributed by atoms with van der Waals surface area (Å²) in [6, 6.07) is 10.0. The maximum Gasteiger partial charge on any atom is 0.155 e. The van der Waals surface area contributed by atoms with Crippen molar-refractivity contribution in [2.45, 2.75) is 19.1 Å². The van der Waals surface area contributed by atoms with Crippen molar-refractivity contribution >= 4 is 23.9 Å². The molecule has 5 heteroatoms. The number of carbonyl (C=O) groups is 1. The van der Waals surface area contributed by atoms with Crippen LogP contribution in [0.5, 0.6) is 0 Å². The van der Waals surface area contributed by atoms with Crippen LogP contribution in [-0.2, 0) is 0 Å². The lowest BCUT2D eigenvalue weighted by molar-refractivity contribution is 0.112. The quantitative estimate of drug-likeness (QED) is 0.817. The highest BCUT2D eigenvalue weighted by Gasteiger charge is 2.25. The van der Waals surface area contributed by atoms with Gasteiger partial charge < -0.3 is 4.90 Å². The van der Waals surface area contributed by atoms with Gasteiger partial charge in [-0.3, -0.25) is 4.79 Å². The molecule has 0 spiro atoms. The van der Waals surface area contributed by atoms with E-state index in [0.29, 0.717) is 10.8 Å². The average molecular weight is 301 g/mol. The maximum atomic E-state index is 11.5. The Morgan fingerprint density at radius 3 is 2.76 bits per heavy atom. The monoisotopic (exact) mass is 301 g/mol. The van der Waals surface area contributed by atoms with Crippen LogP contribution in [0.1, 0.15) is 23.0 Å². The molecule has 1 saturated heterocycles. The van der Waals surface area contributed by atoms with E-state index in [1.165, 1.54) is 0 Å². The molecule has 110 valence electrons. The van der Waals surface area contributed by atoms with E-state index in [2.05, 4.69) is 16.9 Å². The van der Waals surface area contributed by atoms with E-state index in [-0.39, 0.29) is 0 Å². The molecule has 0 saturated carbocycles. The smallest absolute Gasteiger partial charge is 0.155 e. The van der Waals surface area contributed by atoms with E-state index in [1.54, 1.807) is 0 Å². The van der Waals surface area contributed by atoms with E-state index in [0.717, 1.165) is 42.3 Å². The summed E-state index contributed by atoms with van der Waals surface area (Å²) in [7, 11) is 0. The zero-order chi connectivity index (χ0) is 14.8. The van der Waals surface area contributed by atoms with Gasteiger partial charge in [-0.2, -0.15) is 16.9 Å². The van der Waals surface area contributed by atoms with Gasteiger partial charge in [0.1, 0.15) is 5.82 Å². The number of hydrogen-bond acceptors (Lipinski definition) is 4. The van der Waals surface area contributed by atoms with Gasteiger partial charge in [0.05, 0.1) is 16.9 Å². The van der Waals surface area contributed by atoms with Crippen molar-refractivity contribution in [1.29, 1.82) is 0 Å². The van der Waals surface area contributed by atoms with Crippen LogP contribution in [0.2, 0.25) is 0 Å². The number of thioether (sulfide) groups is 1. The lowest BCUT2D eigenvalue weighted by Crippen LogP contribution is -2.38. The second-order valence-electron chi connectivity index (χ2n) is 5.32. The number of para-hydroxylation sites is 1. The summed E-state index contributed by atoms with van der Waals surface area (Å²) in [5, 5.41) is 5.16. The topological polar surface area (TPSA) is 38.1 Å². The molecule has 0 bridgehead atoms. The maximum absolute atomic E-state index is 11.5. The number of nitrogens with zero attached hydrogens (tertiary/aromatic N) is 3. The number of aldehydes is 1. The van der Waals surface area contributed by atoms with E-state index in [1.807, 2.05) is 53.7 Å². The Kier molecular flexibility index (Phi) is 4.01. The molecule has 0 amide bonds. The first-order valence-corrected chi connectivity index (χ1v) is 8.22. The third kappa shape index (κ3) is 2.70. The van der Waals surface area contributed by atoms with Crippen LogP contribution in [0.25, 0.3) is 5.69 Å². The molecule has 0 radical (unpaired) electrons. The Balaban J connectivity index is 2.10. The molecule has 4 nitrogen and oxygen atoms in total. The molecule has 0 aliphatic carbocycles. The van der Waals surface area contributed by atoms with Crippen molar-refractivity contribution < 1.29 is 4.79 Å². The van der Waals surface area contributed by atoms with Gasteiger partial charge in [-0.05, 0) is 19.1 Å². The largest absolute Gasteiger partial charge is 0.354 e. The van der Waals surface area contributed by atoms with Gasteiger partial charge in [-0.15, -0.1) is 0 Å². The van der Waals surface area contributed by atoms with E-state index >= 15 is 0 Å². The predicted octanol–water partition coefficient (Wildman–Crippen LogP) is 2.93. The summed E-state index contributed by atoms with van der Waals surface area (Å²) < 4.78 is 1.90.